The molecule has 14 heteroatoms. The van der Waals surface area contributed by atoms with Gasteiger partial charge in [-0.2, -0.15) is 26.3 Å². The van der Waals surface area contributed by atoms with E-state index in [0.717, 1.165) is 11.1 Å². The van der Waals surface area contributed by atoms with Crippen LogP contribution < -0.4 is 5.32 Å². The van der Waals surface area contributed by atoms with Gasteiger partial charge in [0, 0.05) is 5.38 Å². The van der Waals surface area contributed by atoms with E-state index in [2.05, 4.69) is 10.3 Å². The molecule has 0 saturated heterocycles. The van der Waals surface area contributed by atoms with Crippen molar-refractivity contribution in [2.45, 2.75) is 32.2 Å². The van der Waals surface area contributed by atoms with Crippen LogP contribution in [0.15, 0.2) is 17.5 Å². The van der Waals surface area contributed by atoms with Crippen LogP contribution in [-0.2, 0) is 4.79 Å². The molecule has 1 amide bonds. The number of thiophene rings is 1. The molecule has 1 unspecified atom stereocenters. The molecule has 2 heterocycles. The van der Waals surface area contributed by atoms with Gasteiger partial charge in [0.1, 0.15) is 0 Å². The minimum Gasteiger partial charge on any atom is -0.475 e. The van der Waals surface area contributed by atoms with Gasteiger partial charge in [-0.05, 0) is 26.0 Å². The lowest BCUT2D eigenvalue weighted by Crippen LogP contribution is -2.26. The van der Waals surface area contributed by atoms with Gasteiger partial charge in [-0.15, -0.1) is 22.7 Å². The van der Waals surface area contributed by atoms with Crippen molar-refractivity contribution >= 4 is 40.3 Å². The Morgan fingerprint density at radius 3 is 2.00 bits per heavy atom. The zero-order chi connectivity index (χ0) is 22.6. The van der Waals surface area contributed by atoms with E-state index in [1.165, 1.54) is 17.4 Å². The first-order valence-corrected chi connectivity index (χ1v) is 9.07. The monoisotopic (exact) mass is 462 g/mol. The number of alkyl halides is 6. The maximum atomic E-state index is 12.3. The Morgan fingerprint density at radius 2 is 1.59 bits per heavy atom. The number of thiazole rings is 1. The van der Waals surface area contributed by atoms with Crippen LogP contribution in [0, 0.1) is 6.92 Å². The third-order valence-electron chi connectivity index (χ3n) is 2.98. The van der Waals surface area contributed by atoms with Crippen molar-refractivity contribution < 1.29 is 45.8 Å². The molecular weight excluding hydrogens is 450 g/mol. The molecule has 1 atom stereocenters. The van der Waals surface area contributed by atoms with E-state index in [1.54, 1.807) is 12.3 Å². The molecule has 160 valence electrons. The zero-order valence-electron chi connectivity index (χ0n) is 14.5. The summed E-state index contributed by atoms with van der Waals surface area (Å²) in [6.07, 6.45) is -10.0. The lowest BCUT2D eigenvalue weighted by molar-refractivity contribution is -0.192. The molecule has 0 spiro atoms. The van der Waals surface area contributed by atoms with E-state index in [-0.39, 0.29) is 10.9 Å². The Labute approximate surface area is 167 Å². The van der Waals surface area contributed by atoms with Crippen LogP contribution in [-0.4, -0.2) is 40.1 Å². The Morgan fingerprint density at radius 1 is 1.07 bits per heavy atom. The van der Waals surface area contributed by atoms with Crippen LogP contribution in [0.3, 0.4) is 0 Å². The SMILES string of the molecule is Cc1nc(C(C)NC(=O)c2ccc(C(=O)C(F)(F)F)s2)cs1.O=C(O)C(F)(F)F. The van der Waals surface area contributed by atoms with Crippen LogP contribution >= 0.6 is 22.7 Å². The summed E-state index contributed by atoms with van der Waals surface area (Å²) in [6.45, 7) is 3.55. The Bertz CT molecular complexity index is 888. The van der Waals surface area contributed by atoms with Crippen LogP contribution in [0.5, 0.6) is 0 Å². The number of halogens is 6. The van der Waals surface area contributed by atoms with E-state index < -0.39 is 34.9 Å². The van der Waals surface area contributed by atoms with Crippen molar-refractivity contribution in [1.82, 2.24) is 10.3 Å². The molecule has 0 aliphatic rings. The van der Waals surface area contributed by atoms with Gasteiger partial charge in [0.15, 0.2) is 0 Å². The fourth-order valence-electron chi connectivity index (χ4n) is 1.64. The molecule has 0 aliphatic heterocycles. The number of rotatable bonds is 4. The largest absolute Gasteiger partial charge is 0.490 e. The molecule has 2 aromatic rings. The summed E-state index contributed by atoms with van der Waals surface area (Å²) in [6, 6.07) is 1.84. The number of carboxylic acid groups (broad SMARTS) is 1. The molecule has 29 heavy (non-hydrogen) atoms. The number of amides is 1. The minimum absolute atomic E-state index is 0.0476. The van der Waals surface area contributed by atoms with Gasteiger partial charge in [0.05, 0.1) is 26.5 Å². The molecule has 2 rings (SSSR count). The van der Waals surface area contributed by atoms with Gasteiger partial charge in [-0.1, -0.05) is 0 Å². The van der Waals surface area contributed by atoms with E-state index in [0.29, 0.717) is 17.0 Å². The topological polar surface area (TPSA) is 96.4 Å². The third-order valence-corrected chi connectivity index (χ3v) is 4.86. The minimum atomic E-state index is -5.08. The smallest absolute Gasteiger partial charge is 0.475 e. The summed E-state index contributed by atoms with van der Waals surface area (Å²) in [5.74, 6) is -5.24. The summed E-state index contributed by atoms with van der Waals surface area (Å²) >= 11 is 1.96. The third kappa shape index (κ3) is 7.45. The summed E-state index contributed by atoms with van der Waals surface area (Å²) in [4.78, 5) is 35.8. The normalized spacial score (nSPS) is 12.6. The average Bonchev–Trinajstić information content (AvgIpc) is 3.22. The van der Waals surface area contributed by atoms with Crippen molar-refractivity contribution in [2.75, 3.05) is 0 Å². The molecule has 0 fully saturated rings. The number of nitrogens with zero attached hydrogens (tertiary/aromatic N) is 1. The number of carboxylic acids is 1. The highest BCUT2D eigenvalue weighted by atomic mass is 32.1. The molecule has 0 radical (unpaired) electrons. The zero-order valence-corrected chi connectivity index (χ0v) is 16.1. The van der Waals surface area contributed by atoms with Gasteiger partial charge in [-0.25, -0.2) is 9.78 Å². The van der Waals surface area contributed by atoms with Gasteiger partial charge < -0.3 is 10.4 Å². The second kappa shape index (κ2) is 9.35. The van der Waals surface area contributed by atoms with Crippen molar-refractivity contribution in [3.63, 3.8) is 0 Å². The molecule has 0 aliphatic carbocycles. The number of aryl methyl sites for hydroxylation is 1. The van der Waals surface area contributed by atoms with E-state index in [9.17, 15) is 35.9 Å². The Balaban J connectivity index is 0.000000516. The maximum Gasteiger partial charge on any atom is 0.490 e. The molecule has 6 nitrogen and oxygen atoms in total. The quantitative estimate of drug-likeness (QED) is 0.519. The number of aliphatic carboxylic acids is 1. The van der Waals surface area contributed by atoms with Crippen LogP contribution in [0.25, 0.3) is 0 Å². The highest BCUT2D eigenvalue weighted by Crippen LogP contribution is 2.27. The molecule has 2 aromatic heterocycles. The lowest BCUT2D eigenvalue weighted by atomic mass is 10.2. The molecule has 0 bridgehead atoms. The van der Waals surface area contributed by atoms with Crippen molar-refractivity contribution in [2.24, 2.45) is 0 Å². The van der Waals surface area contributed by atoms with E-state index >= 15 is 0 Å². The van der Waals surface area contributed by atoms with Crippen LogP contribution in [0.2, 0.25) is 0 Å². The molecule has 0 saturated carbocycles. The molecule has 0 aromatic carbocycles. The number of aromatic nitrogens is 1. The Hall–Kier alpha value is -2.48. The second-order valence-electron chi connectivity index (χ2n) is 5.28. The van der Waals surface area contributed by atoms with Crippen molar-refractivity contribution in [1.29, 1.82) is 0 Å². The number of ketones is 1. The number of hydrogen-bond donors (Lipinski definition) is 2. The molecule has 2 N–H and O–H groups in total. The number of carbonyl (C=O) groups excluding carboxylic acids is 2. The van der Waals surface area contributed by atoms with Crippen molar-refractivity contribution in [3.05, 3.63) is 38.0 Å². The average molecular weight is 462 g/mol. The van der Waals surface area contributed by atoms with Gasteiger partial charge in [0.25, 0.3) is 11.7 Å². The molecular formula is C15H12F6N2O4S2. The number of hydrogen-bond acceptors (Lipinski definition) is 6. The first kappa shape index (κ1) is 24.6. The second-order valence-corrected chi connectivity index (χ2v) is 7.43. The first-order valence-electron chi connectivity index (χ1n) is 7.37. The fraction of sp³-hybridized carbons (Fsp3) is 0.333. The van der Waals surface area contributed by atoms with E-state index in [4.69, 9.17) is 9.90 Å². The summed E-state index contributed by atoms with van der Waals surface area (Å²) in [5, 5.41) is 12.4. The van der Waals surface area contributed by atoms with Crippen LogP contribution in [0.4, 0.5) is 26.3 Å². The highest BCUT2D eigenvalue weighted by Gasteiger charge is 2.40. The van der Waals surface area contributed by atoms with Gasteiger partial charge in [-0.3, -0.25) is 9.59 Å². The summed E-state index contributed by atoms with van der Waals surface area (Å²) < 4.78 is 68.7. The number of carbonyl (C=O) groups is 3. The van der Waals surface area contributed by atoms with Gasteiger partial charge in [0.2, 0.25) is 0 Å². The number of Topliss-reactive ketones (excluding diaryl/α,β-unsaturated/α-hetero) is 1. The van der Waals surface area contributed by atoms with Crippen LogP contribution in [0.1, 0.15) is 43.0 Å². The lowest BCUT2D eigenvalue weighted by Gasteiger charge is -2.10. The standard InChI is InChI=1S/C13H11F3N2O2S2.C2HF3O2/c1-6(8-5-21-7(2)18-8)17-12(20)10-4-3-9(22-10)11(19)13(14,15)16;3-2(4,5)1(6)7/h3-6H,1-2H3,(H,17,20);(H,6,7). The summed E-state index contributed by atoms with van der Waals surface area (Å²) in [7, 11) is 0. The van der Waals surface area contributed by atoms with Crippen molar-refractivity contribution in [3.8, 4) is 0 Å². The Kier molecular flexibility index (Phi) is 7.91. The highest BCUT2D eigenvalue weighted by molar-refractivity contribution is 7.16. The predicted octanol–water partition coefficient (Wildman–Crippen LogP) is 4.38. The van der Waals surface area contributed by atoms with E-state index in [1.807, 2.05) is 6.92 Å². The predicted molar refractivity (Wildman–Crippen MR) is 91.1 cm³/mol. The first-order chi connectivity index (χ1) is 13.1. The maximum absolute atomic E-state index is 12.3. The van der Waals surface area contributed by atoms with Gasteiger partial charge >= 0.3 is 18.3 Å². The summed E-state index contributed by atoms with van der Waals surface area (Å²) in [5.41, 5.74) is 0.680. The fourth-order valence-corrected chi connectivity index (χ4v) is 3.22. The number of nitrogens with one attached hydrogen (secondary N) is 1.